The van der Waals surface area contributed by atoms with Crippen molar-refractivity contribution < 1.29 is 14.0 Å². The molecule has 8 nitrogen and oxygen atoms in total. The van der Waals surface area contributed by atoms with Gasteiger partial charge in [0.2, 0.25) is 5.91 Å². The van der Waals surface area contributed by atoms with Crippen LogP contribution in [0, 0.1) is 0 Å². The van der Waals surface area contributed by atoms with E-state index in [0.29, 0.717) is 37.5 Å². The van der Waals surface area contributed by atoms with E-state index in [1.165, 1.54) is 0 Å². The quantitative estimate of drug-likeness (QED) is 0.184. The van der Waals surface area contributed by atoms with Gasteiger partial charge in [0, 0.05) is 30.5 Å². The monoisotopic (exact) mass is 433 g/mol. The van der Waals surface area contributed by atoms with Crippen LogP contribution in [-0.2, 0) is 16.0 Å². The van der Waals surface area contributed by atoms with E-state index in [0.717, 1.165) is 23.1 Å². The largest absolute Gasteiger partial charge is 0.440 e. The third-order valence-corrected chi connectivity index (χ3v) is 4.80. The molecule has 0 aliphatic rings. The van der Waals surface area contributed by atoms with Crippen molar-refractivity contribution in [3.05, 3.63) is 66.6 Å². The summed E-state index contributed by atoms with van der Waals surface area (Å²) in [5, 5.41) is 2.72. The predicted molar refractivity (Wildman–Crippen MR) is 124 cm³/mol. The number of hydrogen-bond acceptors (Lipinski definition) is 5. The van der Waals surface area contributed by atoms with Crippen LogP contribution in [0.2, 0.25) is 0 Å². The maximum Gasteiger partial charge on any atom is 0.221 e. The first-order valence-electron chi connectivity index (χ1n) is 10.5. The highest BCUT2D eigenvalue weighted by atomic mass is 16.4. The third kappa shape index (κ3) is 6.53. The van der Waals surface area contributed by atoms with Gasteiger partial charge >= 0.3 is 0 Å². The Balaban J connectivity index is 1.64. The van der Waals surface area contributed by atoms with Gasteiger partial charge in [0.1, 0.15) is 12.0 Å². The van der Waals surface area contributed by atoms with Gasteiger partial charge < -0.3 is 26.0 Å². The maximum absolute atomic E-state index is 12.4. The SMILES string of the molecule is NC(N)=NCCC[C@@H](C=O)NC(=O)CCc1nc(-c2ccccc2)c(-c2ccccc2)o1. The summed E-state index contributed by atoms with van der Waals surface area (Å²) < 4.78 is 6.04. The molecule has 166 valence electrons. The van der Waals surface area contributed by atoms with E-state index in [4.69, 9.17) is 15.9 Å². The molecule has 1 aromatic heterocycles. The van der Waals surface area contributed by atoms with E-state index in [9.17, 15) is 9.59 Å². The number of nitrogens with one attached hydrogen (secondary N) is 1. The molecule has 0 aliphatic heterocycles. The molecule has 2 aromatic carbocycles. The Bertz CT molecular complexity index is 987. The minimum Gasteiger partial charge on any atom is -0.440 e. The first-order chi connectivity index (χ1) is 15.6. The number of nitrogens with two attached hydrogens (primary N) is 2. The second-order valence-corrected chi connectivity index (χ2v) is 7.28. The Morgan fingerprint density at radius 3 is 2.34 bits per heavy atom. The van der Waals surface area contributed by atoms with Crippen LogP contribution in [0.15, 0.2) is 70.1 Å². The lowest BCUT2D eigenvalue weighted by Crippen LogP contribution is -2.36. The number of aromatic nitrogens is 1. The van der Waals surface area contributed by atoms with Crippen LogP contribution in [-0.4, -0.2) is 35.7 Å². The fraction of sp³-hybridized carbons (Fsp3) is 0.250. The highest BCUT2D eigenvalue weighted by Crippen LogP contribution is 2.32. The lowest BCUT2D eigenvalue weighted by Gasteiger charge is -2.11. The number of amides is 1. The molecule has 1 atom stereocenters. The molecular formula is C24H27N5O3. The number of aliphatic imine (C=N–C) groups is 1. The molecule has 0 radical (unpaired) electrons. The standard InChI is InChI=1S/C24H27N5O3/c25-24(26)27-15-7-12-19(16-30)28-20(31)13-14-21-29-22(17-8-3-1-4-9-17)23(32-21)18-10-5-2-6-11-18/h1-6,8-11,16,19H,7,12-15H2,(H,28,31)(H4,25,26,27)/t19-/m0/s1. The maximum atomic E-state index is 12.4. The third-order valence-electron chi connectivity index (χ3n) is 4.80. The van der Waals surface area contributed by atoms with Crippen LogP contribution in [0.25, 0.3) is 22.6 Å². The Kier molecular flexibility index (Phi) is 8.14. The minimum atomic E-state index is -0.582. The van der Waals surface area contributed by atoms with E-state index in [-0.39, 0.29) is 18.3 Å². The van der Waals surface area contributed by atoms with Gasteiger partial charge in [-0.25, -0.2) is 4.98 Å². The van der Waals surface area contributed by atoms with E-state index < -0.39 is 6.04 Å². The molecule has 0 saturated heterocycles. The van der Waals surface area contributed by atoms with Gasteiger partial charge in [-0.3, -0.25) is 9.79 Å². The molecule has 1 heterocycles. The molecule has 0 bridgehead atoms. The van der Waals surface area contributed by atoms with Crippen LogP contribution < -0.4 is 16.8 Å². The Hall–Kier alpha value is -3.94. The van der Waals surface area contributed by atoms with Crippen molar-refractivity contribution in [3.63, 3.8) is 0 Å². The Labute approximate surface area is 186 Å². The molecule has 3 rings (SSSR count). The zero-order valence-electron chi connectivity index (χ0n) is 17.7. The van der Waals surface area contributed by atoms with Crippen molar-refractivity contribution >= 4 is 18.2 Å². The smallest absolute Gasteiger partial charge is 0.221 e. The Morgan fingerprint density at radius 1 is 1.06 bits per heavy atom. The summed E-state index contributed by atoms with van der Waals surface area (Å²) in [7, 11) is 0. The molecule has 0 unspecified atom stereocenters. The zero-order chi connectivity index (χ0) is 22.8. The second-order valence-electron chi connectivity index (χ2n) is 7.28. The zero-order valence-corrected chi connectivity index (χ0v) is 17.7. The number of oxazole rings is 1. The molecular weight excluding hydrogens is 406 g/mol. The van der Waals surface area contributed by atoms with Crippen LogP contribution >= 0.6 is 0 Å². The highest BCUT2D eigenvalue weighted by molar-refractivity contribution is 5.80. The molecule has 0 spiro atoms. The normalized spacial score (nSPS) is 11.5. The van der Waals surface area contributed by atoms with Gasteiger partial charge in [-0.1, -0.05) is 60.7 Å². The fourth-order valence-electron chi connectivity index (χ4n) is 3.24. The van der Waals surface area contributed by atoms with Gasteiger partial charge in [-0.05, 0) is 12.8 Å². The van der Waals surface area contributed by atoms with Gasteiger partial charge in [0.05, 0.1) is 6.04 Å². The van der Waals surface area contributed by atoms with Gasteiger partial charge in [0.15, 0.2) is 17.6 Å². The molecule has 5 N–H and O–H groups in total. The molecule has 1 amide bonds. The highest BCUT2D eigenvalue weighted by Gasteiger charge is 2.18. The van der Waals surface area contributed by atoms with Crippen molar-refractivity contribution in [1.82, 2.24) is 10.3 Å². The first-order valence-corrected chi connectivity index (χ1v) is 10.5. The summed E-state index contributed by atoms with van der Waals surface area (Å²) in [6.07, 6.45) is 2.24. The number of hydrogen-bond donors (Lipinski definition) is 3. The minimum absolute atomic E-state index is 0.00683. The Morgan fingerprint density at radius 2 is 1.72 bits per heavy atom. The van der Waals surface area contributed by atoms with Crippen molar-refractivity contribution in [1.29, 1.82) is 0 Å². The summed E-state index contributed by atoms with van der Waals surface area (Å²) in [6, 6.07) is 18.9. The van der Waals surface area contributed by atoms with Crippen molar-refractivity contribution in [2.24, 2.45) is 16.5 Å². The predicted octanol–water partition coefficient (Wildman–Crippen LogP) is 2.68. The van der Waals surface area contributed by atoms with Gasteiger partial charge in [0.25, 0.3) is 0 Å². The number of aryl methyl sites for hydroxylation is 1. The topological polar surface area (TPSA) is 137 Å². The summed E-state index contributed by atoms with van der Waals surface area (Å²) in [5.74, 6) is 0.892. The van der Waals surface area contributed by atoms with Gasteiger partial charge in [-0.15, -0.1) is 0 Å². The number of guanidine groups is 1. The van der Waals surface area contributed by atoms with E-state index >= 15 is 0 Å². The van der Waals surface area contributed by atoms with Crippen molar-refractivity contribution in [3.8, 4) is 22.6 Å². The molecule has 3 aromatic rings. The lowest BCUT2D eigenvalue weighted by atomic mass is 10.1. The van der Waals surface area contributed by atoms with Crippen molar-refractivity contribution in [2.45, 2.75) is 31.7 Å². The second kappa shape index (κ2) is 11.5. The number of rotatable bonds is 11. The van der Waals surface area contributed by atoms with Crippen LogP contribution in [0.3, 0.4) is 0 Å². The average molecular weight is 434 g/mol. The molecule has 0 fully saturated rings. The summed E-state index contributed by atoms with van der Waals surface area (Å²) >= 11 is 0. The molecule has 0 saturated carbocycles. The number of aldehydes is 1. The molecule has 0 aliphatic carbocycles. The molecule has 8 heteroatoms. The van der Waals surface area contributed by atoms with Crippen LogP contribution in [0.4, 0.5) is 0 Å². The number of nitrogens with zero attached hydrogens (tertiary/aromatic N) is 2. The van der Waals surface area contributed by atoms with Crippen LogP contribution in [0.5, 0.6) is 0 Å². The summed E-state index contributed by atoms with van der Waals surface area (Å²) in [4.78, 5) is 32.1. The van der Waals surface area contributed by atoms with Crippen molar-refractivity contribution in [2.75, 3.05) is 6.54 Å². The summed E-state index contributed by atoms with van der Waals surface area (Å²) in [6.45, 7) is 0.406. The van der Waals surface area contributed by atoms with E-state index in [2.05, 4.69) is 15.3 Å². The van der Waals surface area contributed by atoms with E-state index in [1.54, 1.807) is 0 Å². The lowest BCUT2D eigenvalue weighted by molar-refractivity contribution is -0.124. The van der Waals surface area contributed by atoms with Crippen LogP contribution in [0.1, 0.15) is 25.2 Å². The van der Waals surface area contributed by atoms with Gasteiger partial charge in [-0.2, -0.15) is 0 Å². The average Bonchev–Trinajstić information content (AvgIpc) is 3.25. The fourth-order valence-corrected chi connectivity index (χ4v) is 3.24. The number of carbonyl (C=O) groups is 2. The number of carbonyl (C=O) groups excluding carboxylic acids is 2. The summed E-state index contributed by atoms with van der Waals surface area (Å²) in [5.41, 5.74) is 13.1. The van der Waals surface area contributed by atoms with E-state index in [1.807, 2.05) is 60.7 Å². The first kappa shape index (κ1) is 22.7. The number of benzene rings is 2. The molecule has 32 heavy (non-hydrogen) atoms.